The summed E-state index contributed by atoms with van der Waals surface area (Å²) in [7, 11) is 0. The SMILES string of the molecule is CC1=CCN(C(=O)CCOC2CCNCC2)CC1. The molecule has 1 saturated heterocycles. The highest BCUT2D eigenvalue weighted by atomic mass is 16.5. The molecule has 0 aromatic carbocycles. The van der Waals surface area contributed by atoms with Crippen LogP contribution in [0.3, 0.4) is 0 Å². The van der Waals surface area contributed by atoms with E-state index < -0.39 is 0 Å². The number of amides is 1. The lowest BCUT2D eigenvalue weighted by Crippen LogP contribution is -2.36. The molecule has 2 heterocycles. The van der Waals surface area contributed by atoms with Crippen LogP contribution in [0, 0.1) is 0 Å². The van der Waals surface area contributed by atoms with Crippen LogP contribution in [0.15, 0.2) is 11.6 Å². The summed E-state index contributed by atoms with van der Waals surface area (Å²) in [5.41, 5.74) is 1.39. The van der Waals surface area contributed by atoms with Gasteiger partial charge in [0.25, 0.3) is 0 Å². The Morgan fingerprint density at radius 1 is 1.50 bits per heavy atom. The number of hydrogen-bond acceptors (Lipinski definition) is 3. The van der Waals surface area contributed by atoms with E-state index in [0.29, 0.717) is 19.1 Å². The van der Waals surface area contributed by atoms with Crippen molar-refractivity contribution in [3.63, 3.8) is 0 Å². The third-order valence-electron chi connectivity index (χ3n) is 3.74. The summed E-state index contributed by atoms with van der Waals surface area (Å²) in [4.78, 5) is 13.9. The van der Waals surface area contributed by atoms with Crippen molar-refractivity contribution in [3.05, 3.63) is 11.6 Å². The molecule has 0 aromatic rings. The smallest absolute Gasteiger partial charge is 0.225 e. The Morgan fingerprint density at radius 3 is 2.94 bits per heavy atom. The highest BCUT2D eigenvalue weighted by Crippen LogP contribution is 2.11. The van der Waals surface area contributed by atoms with Crippen molar-refractivity contribution < 1.29 is 9.53 Å². The molecule has 2 aliphatic heterocycles. The van der Waals surface area contributed by atoms with Gasteiger partial charge in [0.05, 0.1) is 19.1 Å². The van der Waals surface area contributed by atoms with Crippen molar-refractivity contribution in [2.45, 2.75) is 38.7 Å². The monoisotopic (exact) mass is 252 g/mol. The van der Waals surface area contributed by atoms with Gasteiger partial charge in [-0.3, -0.25) is 4.79 Å². The molecule has 2 rings (SSSR count). The Hall–Kier alpha value is -0.870. The zero-order chi connectivity index (χ0) is 12.8. The molecule has 1 amide bonds. The lowest BCUT2D eigenvalue weighted by atomic mass is 10.1. The van der Waals surface area contributed by atoms with Crippen LogP contribution in [0.1, 0.15) is 32.6 Å². The second-order valence-corrected chi connectivity index (χ2v) is 5.21. The fraction of sp³-hybridized carbons (Fsp3) is 0.786. The second kappa shape index (κ2) is 6.90. The highest BCUT2D eigenvalue weighted by Gasteiger charge is 2.17. The number of ether oxygens (including phenoxy) is 1. The van der Waals surface area contributed by atoms with Gasteiger partial charge in [0.15, 0.2) is 0 Å². The van der Waals surface area contributed by atoms with Gasteiger partial charge in [-0.1, -0.05) is 11.6 Å². The summed E-state index contributed by atoms with van der Waals surface area (Å²) in [6.07, 6.45) is 6.18. The predicted molar refractivity (Wildman–Crippen MR) is 71.4 cm³/mol. The minimum absolute atomic E-state index is 0.229. The molecular formula is C14H24N2O2. The molecule has 2 aliphatic rings. The summed E-state index contributed by atoms with van der Waals surface area (Å²) in [5.74, 6) is 0.229. The first-order valence-corrected chi connectivity index (χ1v) is 7.01. The molecule has 1 N–H and O–H groups in total. The van der Waals surface area contributed by atoms with Gasteiger partial charge >= 0.3 is 0 Å². The number of rotatable bonds is 4. The zero-order valence-electron chi connectivity index (χ0n) is 11.3. The lowest BCUT2D eigenvalue weighted by Gasteiger charge is -2.26. The number of carbonyl (C=O) groups excluding carboxylic acids is 1. The van der Waals surface area contributed by atoms with Crippen LogP contribution < -0.4 is 5.32 Å². The standard InChI is InChI=1S/C14H24N2O2/c1-12-4-9-16(10-5-12)14(17)6-11-18-13-2-7-15-8-3-13/h4,13,15H,2-3,5-11H2,1H3. The van der Waals surface area contributed by atoms with Crippen LogP contribution in [0.5, 0.6) is 0 Å². The van der Waals surface area contributed by atoms with E-state index in [4.69, 9.17) is 4.74 Å². The number of nitrogens with one attached hydrogen (secondary N) is 1. The Kier molecular flexibility index (Phi) is 5.20. The molecule has 0 atom stereocenters. The van der Waals surface area contributed by atoms with Crippen molar-refractivity contribution in [1.82, 2.24) is 10.2 Å². The minimum atomic E-state index is 0.229. The lowest BCUT2D eigenvalue weighted by molar-refractivity contribution is -0.132. The van der Waals surface area contributed by atoms with E-state index >= 15 is 0 Å². The van der Waals surface area contributed by atoms with Crippen LogP contribution in [-0.2, 0) is 9.53 Å². The van der Waals surface area contributed by atoms with Crippen molar-refractivity contribution in [1.29, 1.82) is 0 Å². The highest BCUT2D eigenvalue weighted by molar-refractivity contribution is 5.76. The molecule has 0 unspecified atom stereocenters. The summed E-state index contributed by atoms with van der Waals surface area (Å²) < 4.78 is 5.76. The van der Waals surface area contributed by atoms with E-state index in [-0.39, 0.29) is 5.91 Å². The first-order valence-electron chi connectivity index (χ1n) is 7.01. The van der Waals surface area contributed by atoms with E-state index in [0.717, 1.165) is 45.4 Å². The minimum Gasteiger partial charge on any atom is -0.378 e. The van der Waals surface area contributed by atoms with Gasteiger partial charge in [-0.05, 0) is 39.3 Å². The predicted octanol–water partition coefficient (Wildman–Crippen LogP) is 1.32. The van der Waals surface area contributed by atoms with Gasteiger partial charge in [-0.25, -0.2) is 0 Å². The molecule has 0 spiro atoms. The molecular weight excluding hydrogens is 228 g/mol. The molecule has 4 heteroatoms. The van der Waals surface area contributed by atoms with Gasteiger partial charge < -0.3 is 15.0 Å². The van der Waals surface area contributed by atoms with Gasteiger partial charge in [-0.15, -0.1) is 0 Å². The van der Waals surface area contributed by atoms with Crippen molar-refractivity contribution in [2.24, 2.45) is 0 Å². The molecule has 18 heavy (non-hydrogen) atoms. The molecule has 0 aromatic heterocycles. The van der Waals surface area contributed by atoms with E-state index in [9.17, 15) is 4.79 Å². The molecule has 102 valence electrons. The van der Waals surface area contributed by atoms with Crippen LogP contribution in [0.2, 0.25) is 0 Å². The number of carbonyl (C=O) groups is 1. The van der Waals surface area contributed by atoms with Crippen molar-refractivity contribution in [2.75, 3.05) is 32.8 Å². The summed E-state index contributed by atoms with van der Waals surface area (Å²) in [5, 5.41) is 3.31. The first kappa shape index (κ1) is 13.6. The number of hydrogen-bond donors (Lipinski definition) is 1. The van der Waals surface area contributed by atoms with Crippen LogP contribution in [-0.4, -0.2) is 49.7 Å². The van der Waals surface area contributed by atoms with Crippen LogP contribution in [0.25, 0.3) is 0 Å². The Balaban J connectivity index is 1.62. The second-order valence-electron chi connectivity index (χ2n) is 5.21. The molecule has 1 fully saturated rings. The topological polar surface area (TPSA) is 41.6 Å². The largest absolute Gasteiger partial charge is 0.378 e. The quantitative estimate of drug-likeness (QED) is 0.767. The summed E-state index contributed by atoms with van der Waals surface area (Å²) in [6, 6.07) is 0. The van der Waals surface area contributed by atoms with E-state index in [1.165, 1.54) is 5.57 Å². The number of nitrogens with zero attached hydrogens (tertiary/aromatic N) is 1. The normalized spacial score (nSPS) is 21.8. The fourth-order valence-corrected chi connectivity index (χ4v) is 2.43. The zero-order valence-corrected chi connectivity index (χ0v) is 11.3. The van der Waals surface area contributed by atoms with E-state index in [1.54, 1.807) is 0 Å². The molecule has 0 radical (unpaired) electrons. The van der Waals surface area contributed by atoms with Gasteiger partial charge in [0.2, 0.25) is 5.91 Å². The maximum atomic E-state index is 12.0. The maximum Gasteiger partial charge on any atom is 0.225 e. The fourth-order valence-electron chi connectivity index (χ4n) is 2.43. The molecule has 0 saturated carbocycles. The first-order chi connectivity index (χ1) is 8.75. The molecule has 0 aliphatic carbocycles. The van der Waals surface area contributed by atoms with Crippen molar-refractivity contribution >= 4 is 5.91 Å². The van der Waals surface area contributed by atoms with E-state index in [1.807, 2.05) is 4.90 Å². The average Bonchev–Trinajstić information content (AvgIpc) is 2.40. The van der Waals surface area contributed by atoms with Gasteiger partial charge in [0, 0.05) is 13.1 Å². The Bertz CT molecular complexity index is 309. The Labute approximate surface area is 109 Å². The maximum absolute atomic E-state index is 12.0. The number of piperidine rings is 1. The third kappa shape index (κ3) is 4.10. The van der Waals surface area contributed by atoms with Crippen LogP contribution >= 0.6 is 0 Å². The van der Waals surface area contributed by atoms with Crippen LogP contribution in [0.4, 0.5) is 0 Å². The molecule has 0 bridgehead atoms. The van der Waals surface area contributed by atoms with E-state index in [2.05, 4.69) is 18.3 Å². The van der Waals surface area contributed by atoms with Crippen molar-refractivity contribution in [3.8, 4) is 0 Å². The Morgan fingerprint density at radius 2 is 2.28 bits per heavy atom. The molecule has 4 nitrogen and oxygen atoms in total. The van der Waals surface area contributed by atoms with Gasteiger partial charge in [-0.2, -0.15) is 0 Å². The third-order valence-corrected chi connectivity index (χ3v) is 3.74. The summed E-state index contributed by atoms with van der Waals surface area (Å²) in [6.45, 7) is 6.42. The summed E-state index contributed by atoms with van der Waals surface area (Å²) >= 11 is 0. The average molecular weight is 252 g/mol. The van der Waals surface area contributed by atoms with Gasteiger partial charge in [0.1, 0.15) is 0 Å².